The first-order chi connectivity index (χ1) is 12.5. The second-order valence-electron chi connectivity index (χ2n) is 6.81. The van der Waals surface area contributed by atoms with Crippen molar-refractivity contribution in [3.05, 3.63) is 24.3 Å². The molecule has 6 nitrogen and oxygen atoms in total. The van der Waals surface area contributed by atoms with Gasteiger partial charge in [0.1, 0.15) is 11.5 Å². The molecule has 1 aromatic carbocycles. The minimum atomic E-state index is -4.48. The number of carbonyl (C=O) groups excluding carboxylic acids is 1. The maximum Gasteiger partial charge on any atom is 0.422 e. The Morgan fingerprint density at radius 3 is 2.52 bits per heavy atom. The second kappa shape index (κ2) is 8.92. The normalized spacial score (nSPS) is 20.9. The Morgan fingerprint density at radius 1 is 1.22 bits per heavy atom. The number of sulfonamides is 1. The number of nitrogens with one attached hydrogen (secondary N) is 2. The lowest BCUT2D eigenvalue weighted by Gasteiger charge is -2.26. The van der Waals surface area contributed by atoms with Gasteiger partial charge < -0.3 is 10.1 Å². The van der Waals surface area contributed by atoms with Gasteiger partial charge in [-0.2, -0.15) is 13.2 Å². The van der Waals surface area contributed by atoms with Gasteiger partial charge in [-0.25, -0.2) is 13.1 Å². The number of hydrogen-bond donors (Lipinski definition) is 2. The fraction of sp³-hybridized carbons (Fsp3) is 0.588. The van der Waals surface area contributed by atoms with E-state index in [1.165, 1.54) is 24.3 Å². The number of ether oxygens (including phenoxy) is 1. The first-order valence-corrected chi connectivity index (χ1v) is 10.3. The summed E-state index contributed by atoms with van der Waals surface area (Å²) in [5.74, 6) is -1.05. The Morgan fingerprint density at radius 2 is 1.89 bits per heavy atom. The van der Waals surface area contributed by atoms with Crippen LogP contribution >= 0.6 is 0 Å². The van der Waals surface area contributed by atoms with E-state index in [-0.39, 0.29) is 17.5 Å². The van der Waals surface area contributed by atoms with E-state index >= 15 is 0 Å². The molecule has 0 spiro atoms. The van der Waals surface area contributed by atoms with Gasteiger partial charge in [0.05, 0.1) is 0 Å². The number of anilines is 1. The van der Waals surface area contributed by atoms with E-state index in [4.69, 9.17) is 0 Å². The van der Waals surface area contributed by atoms with Crippen molar-refractivity contribution in [3.8, 4) is 5.75 Å². The summed E-state index contributed by atoms with van der Waals surface area (Å²) in [7, 11) is -3.80. The summed E-state index contributed by atoms with van der Waals surface area (Å²) in [6, 6.07) is 5.17. The Bertz CT molecular complexity index is 745. The van der Waals surface area contributed by atoms with Crippen molar-refractivity contribution in [2.75, 3.05) is 17.7 Å². The molecular formula is C17H23F3N2O4S. The zero-order chi connectivity index (χ0) is 20.1. The summed E-state index contributed by atoms with van der Waals surface area (Å²) in [4.78, 5) is 12.0. The predicted octanol–water partition coefficient (Wildman–Crippen LogP) is 3.06. The van der Waals surface area contributed by atoms with E-state index in [0.717, 1.165) is 25.7 Å². The zero-order valence-corrected chi connectivity index (χ0v) is 15.7. The molecule has 1 aromatic rings. The molecule has 1 aliphatic carbocycles. The molecule has 2 N–H and O–H groups in total. The van der Waals surface area contributed by atoms with E-state index in [1.807, 2.05) is 0 Å². The third kappa shape index (κ3) is 8.17. The number of amides is 1. The van der Waals surface area contributed by atoms with Gasteiger partial charge >= 0.3 is 6.18 Å². The fourth-order valence-electron chi connectivity index (χ4n) is 2.87. The SMILES string of the molecule is CC1CCC(NS(=O)(=O)CC(=O)Nc2cccc(OCC(F)(F)F)c2)CC1. The predicted molar refractivity (Wildman–Crippen MR) is 95.0 cm³/mol. The monoisotopic (exact) mass is 408 g/mol. The van der Waals surface area contributed by atoms with Crippen molar-refractivity contribution < 1.29 is 31.1 Å². The molecule has 1 saturated carbocycles. The standard InChI is InChI=1S/C17H23F3N2O4S/c1-12-5-7-13(8-6-12)22-27(24,25)10-16(23)21-14-3-2-4-15(9-14)26-11-17(18,19)20/h2-4,9,12-13,22H,5-8,10-11H2,1H3,(H,21,23). The molecule has 0 aromatic heterocycles. The largest absolute Gasteiger partial charge is 0.484 e. The molecule has 1 aliphatic rings. The highest BCUT2D eigenvalue weighted by atomic mass is 32.2. The summed E-state index contributed by atoms with van der Waals surface area (Å²) >= 11 is 0. The Kier molecular flexibility index (Phi) is 7.10. The summed E-state index contributed by atoms with van der Waals surface area (Å²) in [5, 5.41) is 2.36. The quantitative estimate of drug-likeness (QED) is 0.726. The third-order valence-electron chi connectivity index (χ3n) is 4.20. The summed E-state index contributed by atoms with van der Waals surface area (Å²) in [5.41, 5.74) is 0.154. The molecule has 27 heavy (non-hydrogen) atoms. The lowest BCUT2D eigenvalue weighted by molar-refractivity contribution is -0.153. The van der Waals surface area contributed by atoms with Crippen LogP contribution in [0.15, 0.2) is 24.3 Å². The number of carbonyl (C=O) groups is 1. The number of halogens is 3. The van der Waals surface area contributed by atoms with E-state index in [1.54, 1.807) is 0 Å². The van der Waals surface area contributed by atoms with Gasteiger partial charge in [0.25, 0.3) is 0 Å². The molecule has 152 valence electrons. The highest BCUT2D eigenvalue weighted by Crippen LogP contribution is 2.24. The van der Waals surface area contributed by atoms with Gasteiger partial charge in [0.2, 0.25) is 15.9 Å². The van der Waals surface area contributed by atoms with Crippen LogP contribution in [0.5, 0.6) is 5.75 Å². The molecule has 0 heterocycles. The second-order valence-corrected chi connectivity index (χ2v) is 8.57. The summed E-state index contributed by atoms with van der Waals surface area (Å²) in [6.07, 6.45) is -1.13. The van der Waals surface area contributed by atoms with Crippen LogP contribution in [0.1, 0.15) is 32.6 Å². The Hall–Kier alpha value is -1.81. The number of alkyl halides is 3. The maximum atomic E-state index is 12.2. The average Bonchev–Trinajstić information content (AvgIpc) is 2.54. The lowest BCUT2D eigenvalue weighted by Crippen LogP contribution is -2.41. The first-order valence-electron chi connectivity index (χ1n) is 8.62. The van der Waals surface area contributed by atoms with Gasteiger partial charge in [-0.05, 0) is 43.7 Å². The molecule has 2 rings (SSSR count). The van der Waals surface area contributed by atoms with E-state index in [0.29, 0.717) is 5.92 Å². The van der Waals surface area contributed by atoms with Crippen molar-refractivity contribution in [3.63, 3.8) is 0 Å². The van der Waals surface area contributed by atoms with Gasteiger partial charge in [0, 0.05) is 17.8 Å². The van der Waals surface area contributed by atoms with E-state index in [2.05, 4.69) is 21.7 Å². The van der Waals surface area contributed by atoms with Gasteiger partial charge in [-0.1, -0.05) is 13.0 Å². The van der Waals surface area contributed by atoms with Crippen molar-refractivity contribution in [1.29, 1.82) is 0 Å². The van der Waals surface area contributed by atoms with Crippen LogP contribution in [-0.2, 0) is 14.8 Å². The van der Waals surface area contributed by atoms with Gasteiger partial charge in [0.15, 0.2) is 6.61 Å². The molecule has 0 radical (unpaired) electrons. The topological polar surface area (TPSA) is 84.5 Å². The van der Waals surface area contributed by atoms with E-state index < -0.39 is 34.5 Å². The average molecular weight is 408 g/mol. The summed E-state index contributed by atoms with van der Waals surface area (Å²) in [6.45, 7) is 0.660. The zero-order valence-electron chi connectivity index (χ0n) is 14.9. The molecule has 0 atom stereocenters. The molecule has 1 fully saturated rings. The van der Waals surface area contributed by atoms with Crippen LogP contribution in [0, 0.1) is 5.92 Å². The fourth-order valence-corrected chi connectivity index (χ4v) is 4.12. The van der Waals surface area contributed by atoms with Gasteiger partial charge in [-0.15, -0.1) is 0 Å². The first kappa shape index (κ1) is 21.5. The molecule has 0 aliphatic heterocycles. The van der Waals surface area contributed by atoms with Crippen LogP contribution < -0.4 is 14.8 Å². The molecular weight excluding hydrogens is 385 g/mol. The number of hydrogen-bond acceptors (Lipinski definition) is 4. The molecule has 0 saturated heterocycles. The minimum Gasteiger partial charge on any atom is -0.484 e. The van der Waals surface area contributed by atoms with Crippen molar-refractivity contribution in [2.45, 2.75) is 44.8 Å². The number of rotatable bonds is 7. The van der Waals surface area contributed by atoms with Crippen LogP contribution in [0.3, 0.4) is 0 Å². The highest BCUT2D eigenvalue weighted by molar-refractivity contribution is 7.90. The molecule has 0 unspecified atom stereocenters. The Balaban J connectivity index is 1.87. The smallest absolute Gasteiger partial charge is 0.422 e. The van der Waals surface area contributed by atoms with Crippen LogP contribution in [0.25, 0.3) is 0 Å². The van der Waals surface area contributed by atoms with Crippen molar-refractivity contribution in [1.82, 2.24) is 4.72 Å². The maximum absolute atomic E-state index is 12.2. The molecule has 0 bridgehead atoms. The van der Waals surface area contributed by atoms with Gasteiger partial charge in [-0.3, -0.25) is 4.79 Å². The van der Waals surface area contributed by atoms with Crippen LogP contribution in [-0.4, -0.2) is 38.9 Å². The highest BCUT2D eigenvalue weighted by Gasteiger charge is 2.28. The molecule has 10 heteroatoms. The molecule has 1 amide bonds. The Labute approximate surface area is 156 Å². The van der Waals surface area contributed by atoms with Crippen molar-refractivity contribution >= 4 is 21.6 Å². The van der Waals surface area contributed by atoms with Crippen LogP contribution in [0.2, 0.25) is 0 Å². The minimum absolute atomic E-state index is 0.0811. The summed E-state index contributed by atoms with van der Waals surface area (Å²) < 4.78 is 68.0. The van der Waals surface area contributed by atoms with Crippen molar-refractivity contribution in [2.24, 2.45) is 5.92 Å². The lowest BCUT2D eigenvalue weighted by atomic mass is 9.88. The number of benzene rings is 1. The van der Waals surface area contributed by atoms with E-state index in [9.17, 15) is 26.4 Å². The third-order valence-corrected chi connectivity index (χ3v) is 5.54. The van der Waals surface area contributed by atoms with Crippen LogP contribution in [0.4, 0.5) is 18.9 Å².